The molecule has 0 saturated carbocycles. The van der Waals surface area contributed by atoms with Crippen molar-refractivity contribution < 1.29 is 19.4 Å². The zero-order valence-corrected chi connectivity index (χ0v) is 12.4. The van der Waals surface area contributed by atoms with E-state index in [1.165, 1.54) is 17.8 Å². The van der Waals surface area contributed by atoms with Gasteiger partial charge in [-0.2, -0.15) is 0 Å². The lowest BCUT2D eigenvalue weighted by Crippen LogP contribution is -2.15. The van der Waals surface area contributed by atoms with E-state index in [4.69, 9.17) is 26.2 Å². The van der Waals surface area contributed by atoms with Gasteiger partial charge in [-0.3, -0.25) is 0 Å². The van der Waals surface area contributed by atoms with Gasteiger partial charge >= 0.3 is 5.97 Å². The molecule has 1 aliphatic rings. The Morgan fingerprint density at radius 1 is 1.05 bits per heavy atom. The summed E-state index contributed by atoms with van der Waals surface area (Å²) in [5.74, 6) is 0.431. The van der Waals surface area contributed by atoms with E-state index in [0.29, 0.717) is 13.2 Å². The third-order valence-electron chi connectivity index (χ3n) is 2.92. The highest BCUT2D eigenvalue weighted by Gasteiger charge is 2.13. The average Bonchev–Trinajstić information content (AvgIpc) is 2.47. The first-order valence-corrected chi connectivity index (χ1v) is 7.43. The molecule has 6 heteroatoms. The molecule has 0 aliphatic carbocycles. The topological polar surface area (TPSA) is 55.8 Å². The monoisotopic (exact) mass is 322 g/mol. The Kier molecular flexibility index (Phi) is 3.94. The third kappa shape index (κ3) is 3.09. The van der Waals surface area contributed by atoms with Crippen LogP contribution in [0.25, 0.3) is 0 Å². The average molecular weight is 323 g/mol. The molecule has 0 atom stereocenters. The molecule has 0 radical (unpaired) electrons. The molecule has 0 unspecified atom stereocenters. The Labute approximate surface area is 130 Å². The van der Waals surface area contributed by atoms with Crippen molar-refractivity contribution in [2.45, 2.75) is 9.79 Å². The highest BCUT2D eigenvalue weighted by atomic mass is 35.5. The lowest BCUT2D eigenvalue weighted by Gasteiger charge is -2.18. The molecule has 21 heavy (non-hydrogen) atoms. The quantitative estimate of drug-likeness (QED) is 0.927. The molecule has 0 amide bonds. The van der Waals surface area contributed by atoms with E-state index < -0.39 is 5.97 Å². The third-order valence-corrected chi connectivity index (χ3v) is 4.21. The highest BCUT2D eigenvalue weighted by Crippen LogP contribution is 2.37. The molecule has 0 bridgehead atoms. The van der Waals surface area contributed by atoms with Crippen LogP contribution in [0, 0.1) is 0 Å². The highest BCUT2D eigenvalue weighted by molar-refractivity contribution is 7.99. The lowest BCUT2D eigenvalue weighted by molar-refractivity contribution is 0.0697. The number of hydrogen-bond donors (Lipinski definition) is 1. The van der Waals surface area contributed by atoms with E-state index in [1.54, 1.807) is 12.1 Å². The van der Waals surface area contributed by atoms with Gasteiger partial charge in [0.15, 0.2) is 11.5 Å². The van der Waals surface area contributed by atoms with E-state index in [-0.39, 0.29) is 10.6 Å². The fourth-order valence-corrected chi connectivity index (χ4v) is 3.17. The maximum atomic E-state index is 10.9. The summed E-state index contributed by atoms with van der Waals surface area (Å²) in [6.45, 7) is 1.10. The molecule has 3 rings (SSSR count). The van der Waals surface area contributed by atoms with Crippen LogP contribution in [0.3, 0.4) is 0 Å². The maximum absolute atomic E-state index is 10.9. The van der Waals surface area contributed by atoms with E-state index in [1.807, 2.05) is 18.2 Å². The van der Waals surface area contributed by atoms with Gasteiger partial charge in [0.2, 0.25) is 0 Å². The van der Waals surface area contributed by atoms with Gasteiger partial charge in [-0.1, -0.05) is 23.4 Å². The minimum absolute atomic E-state index is 0.100. The van der Waals surface area contributed by atoms with Crippen LogP contribution in [0.15, 0.2) is 46.2 Å². The molecule has 2 aromatic rings. The van der Waals surface area contributed by atoms with Crippen LogP contribution < -0.4 is 9.47 Å². The molecule has 1 heterocycles. The van der Waals surface area contributed by atoms with E-state index in [0.717, 1.165) is 21.3 Å². The largest absolute Gasteiger partial charge is 0.486 e. The Bertz CT molecular complexity index is 702. The summed E-state index contributed by atoms with van der Waals surface area (Å²) in [7, 11) is 0. The van der Waals surface area contributed by atoms with E-state index in [9.17, 15) is 4.79 Å². The molecule has 2 aromatic carbocycles. The first-order chi connectivity index (χ1) is 10.1. The smallest absolute Gasteiger partial charge is 0.337 e. The number of carbonyl (C=O) groups is 1. The molecule has 0 fully saturated rings. The van der Waals surface area contributed by atoms with Crippen LogP contribution in [0.2, 0.25) is 5.02 Å². The van der Waals surface area contributed by atoms with Crippen LogP contribution >= 0.6 is 23.4 Å². The van der Waals surface area contributed by atoms with Crippen LogP contribution in [0.1, 0.15) is 10.4 Å². The zero-order valence-electron chi connectivity index (χ0n) is 10.8. The van der Waals surface area contributed by atoms with Crippen molar-refractivity contribution in [3.63, 3.8) is 0 Å². The number of aromatic carboxylic acids is 1. The standard InChI is InChI=1S/C15H11ClO4S/c16-12-7-9(1-3-11(12)15(17)18)21-10-2-4-13-14(8-10)20-6-5-19-13/h1-4,7-8H,5-6H2,(H,17,18). The fraction of sp³-hybridized carbons (Fsp3) is 0.133. The van der Waals surface area contributed by atoms with Gasteiger partial charge in [-0.05, 0) is 36.4 Å². The molecular weight excluding hydrogens is 312 g/mol. The van der Waals surface area contributed by atoms with Crippen LogP contribution in [-0.2, 0) is 0 Å². The zero-order chi connectivity index (χ0) is 14.8. The molecule has 0 aromatic heterocycles. The SMILES string of the molecule is O=C(O)c1ccc(Sc2ccc3c(c2)OCCO3)cc1Cl. The second kappa shape index (κ2) is 5.87. The van der Waals surface area contributed by atoms with Crippen molar-refractivity contribution in [2.75, 3.05) is 13.2 Å². The lowest BCUT2D eigenvalue weighted by atomic mass is 10.2. The predicted octanol–water partition coefficient (Wildman–Crippen LogP) is 3.96. The molecule has 108 valence electrons. The Balaban J connectivity index is 1.83. The Morgan fingerprint density at radius 3 is 2.43 bits per heavy atom. The van der Waals surface area contributed by atoms with Crippen LogP contribution in [0.5, 0.6) is 11.5 Å². The minimum atomic E-state index is -1.03. The maximum Gasteiger partial charge on any atom is 0.337 e. The summed E-state index contributed by atoms with van der Waals surface area (Å²) < 4.78 is 11.0. The van der Waals surface area contributed by atoms with Gasteiger partial charge in [0.1, 0.15) is 13.2 Å². The van der Waals surface area contributed by atoms with Gasteiger partial charge in [-0.15, -0.1) is 0 Å². The summed E-state index contributed by atoms with van der Waals surface area (Å²) in [5, 5.41) is 9.18. The Morgan fingerprint density at radius 2 is 1.71 bits per heavy atom. The van der Waals surface area contributed by atoms with Crippen LogP contribution in [0.4, 0.5) is 0 Å². The molecule has 4 nitrogen and oxygen atoms in total. The number of halogens is 1. The molecule has 0 saturated heterocycles. The molecule has 1 N–H and O–H groups in total. The van der Waals surface area contributed by atoms with Crippen molar-refractivity contribution in [1.29, 1.82) is 0 Å². The first-order valence-electron chi connectivity index (χ1n) is 6.24. The van der Waals surface area contributed by atoms with Gasteiger partial charge in [0, 0.05) is 9.79 Å². The Hall–Kier alpha value is -1.85. The van der Waals surface area contributed by atoms with E-state index in [2.05, 4.69) is 0 Å². The van der Waals surface area contributed by atoms with E-state index >= 15 is 0 Å². The van der Waals surface area contributed by atoms with Crippen molar-refractivity contribution in [1.82, 2.24) is 0 Å². The number of rotatable bonds is 3. The summed E-state index contributed by atoms with van der Waals surface area (Å²) in [6, 6.07) is 10.6. The van der Waals surface area contributed by atoms with Crippen molar-refractivity contribution in [3.8, 4) is 11.5 Å². The predicted molar refractivity (Wildman–Crippen MR) is 80.0 cm³/mol. The minimum Gasteiger partial charge on any atom is -0.486 e. The molecule has 1 aliphatic heterocycles. The number of benzene rings is 2. The molecular formula is C15H11ClO4S. The second-order valence-corrected chi connectivity index (χ2v) is 5.91. The summed E-state index contributed by atoms with van der Waals surface area (Å²) in [5.41, 5.74) is 0.100. The summed E-state index contributed by atoms with van der Waals surface area (Å²) >= 11 is 7.45. The van der Waals surface area contributed by atoms with Gasteiger partial charge in [0.25, 0.3) is 0 Å². The van der Waals surface area contributed by atoms with Crippen molar-refractivity contribution >= 4 is 29.3 Å². The second-order valence-electron chi connectivity index (χ2n) is 4.35. The number of fused-ring (bicyclic) bond motifs is 1. The molecule has 0 spiro atoms. The van der Waals surface area contributed by atoms with Gasteiger partial charge in [-0.25, -0.2) is 4.79 Å². The number of ether oxygens (including phenoxy) is 2. The summed E-state index contributed by atoms with van der Waals surface area (Å²) in [4.78, 5) is 12.8. The van der Waals surface area contributed by atoms with Gasteiger partial charge < -0.3 is 14.6 Å². The summed E-state index contributed by atoms with van der Waals surface area (Å²) in [6.07, 6.45) is 0. The first kappa shape index (κ1) is 14.1. The number of carboxylic acid groups (broad SMARTS) is 1. The van der Waals surface area contributed by atoms with Gasteiger partial charge in [0.05, 0.1) is 10.6 Å². The number of hydrogen-bond acceptors (Lipinski definition) is 4. The van der Waals surface area contributed by atoms with Crippen LogP contribution in [-0.4, -0.2) is 24.3 Å². The van der Waals surface area contributed by atoms with Crippen molar-refractivity contribution in [2.24, 2.45) is 0 Å². The number of carboxylic acids is 1. The normalized spacial score (nSPS) is 13.0. The fourth-order valence-electron chi connectivity index (χ4n) is 1.96. The van der Waals surface area contributed by atoms with Crippen molar-refractivity contribution in [3.05, 3.63) is 47.0 Å².